The molecule has 0 aliphatic carbocycles. The second kappa shape index (κ2) is 4.73. The van der Waals surface area contributed by atoms with Crippen molar-refractivity contribution >= 4 is 34.8 Å². The van der Waals surface area contributed by atoms with Gasteiger partial charge in [-0.05, 0) is 12.1 Å². The van der Waals surface area contributed by atoms with Crippen LogP contribution in [0.25, 0.3) is 0 Å². The Bertz CT molecular complexity index is 268. The molecule has 0 radical (unpaired) electrons. The van der Waals surface area contributed by atoms with Gasteiger partial charge in [-0.1, -0.05) is 34.8 Å². The lowest BCUT2D eigenvalue weighted by Gasteiger charge is -2.20. The summed E-state index contributed by atoms with van der Waals surface area (Å²) in [5.74, 6) is 0.332. The topological polar surface area (TPSA) is 53.6 Å². The highest BCUT2D eigenvalue weighted by Gasteiger charge is 2.33. The smallest absolute Gasteiger partial charge is 0.216 e. The maximum atomic E-state index is 9.51. The van der Waals surface area contributed by atoms with E-state index in [2.05, 4.69) is 0 Å². The van der Waals surface area contributed by atoms with Gasteiger partial charge in [0.2, 0.25) is 3.79 Å². The van der Waals surface area contributed by atoms with E-state index in [0.717, 1.165) is 0 Å². The number of alkyl halides is 3. The molecule has 2 atom stereocenters. The van der Waals surface area contributed by atoms with Crippen LogP contribution < -0.4 is 0 Å². The number of aliphatic hydroxyl groups excluding tert-OH is 2. The highest BCUT2D eigenvalue weighted by Crippen LogP contribution is 2.34. The molecule has 0 saturated heterocycles. The van der Waals surface area contributed by atoms with Crippen LogP contribution in [-0.4, -0.2) is 20.1 Å². The Morgan fingerprint density at radius 2 is 2.00 bits per heavy atom. The fourth-order valence-electron chi connectivity index (χ4n) is 0.942. The van der Waals surface area contributed by atoms with Gasteiger partial charge in [0.15, 0.2) is 0 Å². The van der Waals surface area contributed by atoms with Crippen LogP contribution in [0.1, 0.15) is 18.3 Å². The molecule has 1 aromatic rings. The number of aliphatic hydroxyl groups is 2. The first-order valence-corrected chi connectivity index (χ1v) is 5.01. The van der Waals surface area contributed by atoms with Crippen molar-refractivity contribution in [2.75, 3.05) is 0 Å². The van der Waals surface area contributed by atoms with Crippen molar-refractivity contribution in [2.24, 2.45) is 0 Å². The Hall–Kier alpha value is 0.0700. The highest BCUT2D eigenvalue weighted by atomic mass is 35.6. The van der Waals surface area contributed by atoms with E-state index in [-0.39, 0.29) is 6.42 Å². The first kappa shape index (κ1) is 12.1. The van der Waals surface area contributed by atoms with Crippen molar-refractivity contribution in [2.45, 2.75) is 22.4 Å². The van der Waals surface area contributed by atoms with Crippen molar-refractivity contribution in [1.82, 2.24) is 0 Å². The Balaban J connectivity index is 2.53. The van der Waals surface area contributed by atoms with Gasteiger partial charge >= 0.3 is 0 Å². The zero-order chi connectivity index (χ0) is 10.8. The molecule has 3 nitrogen and oxygen atoms in total. The van der Waals surface area contributed by atoms with Gasteiger partial charge < -0.3 is 14.6 Å². The second-order valence-corrected chi connectivity index (χ2v) is 5.19. The molecule has 0 aromatic carbocycles. The standard InChI is InChI=1S/C8H9Cl3O3/c9-8(10,11)7(13)4-5(12)6-2-1-3-14-6/h1-3,5,7,12-13H,4H2/t5-,7+/m0/s1. The average Bonchev–Trinajstić information content (AvgIpc) is 2.53. The second-order valence-electron chi connectivity index (χ2n) is 2.82. The molecular formula is C8H9Cl3O3. The summed E-state index contributed by atoms with van der Waals surface area (Å²) in [5, 5.41) is 18.9. The van der Waals surface area contributed by atoms with E-state index in [0.29, 0.717) is 5.76 Å². The molecule has 0 spiro atoms. The summed E-state index contributed by atoms with van der Waals surface area (Å²) in [6.45, 7) is 0. The van der Waals surface area contributed by atoms with E-state index >= 15 is 0 Å². The lowest BCUT2D eigenvalue weighted by Crippen LogP contribution is -2.27. The van der Waals surface area contributed by atoms with Gasteiger partial charge in [-0.25, -0.2) is 0 Å². The maximum Gasteiger partial charge on any atom is 0.216 e. The molecular weight excluding hydrogens is 250 g/mol. The van der Waals surface area contributed by atoms with Gasteiger partial charge in [-0.15, -0.1) is 0 Å². The summed E-state index contributed by atoms with van der Waals surface area (Å²) >= 11 is 16.3. The number of halogens is 3. The first-order valence-electron chi connectivity index (χ1n) is 3.87. The molecule has 6 heteroatoms. The Morgan fingerprint density at radius 1 is 1.36 bits per heavy atom. The van der Waals surface area contributed by atoms with Crippen LogP contribution >= 0.6 is 34.8 Å². The molecule has 0 fully saturated rings. The Labute approximate surface area is 96.2 Å². The van der Waals surface area contributed by atoms with E-state index < -0.39 is 16.0 Å². The highest BCUT2D eigenvalue weighted by molar-refractivity contribution is 6.68. The molecule has 0 bridgehead atoms. The Kier molecular flexibility index (Phi) is 4.10. The molecule has 14 heavy (non-hydrogen) atoms. The minimum absolute atomic E-state index is 0.0932. The van der Waals surface area contributed by atoms with Crippen LogP contribution in [0.2, 0.25) is 0 Å². The third-order valence-electron chi connectivity index (χ3n) is 1.70. The van der Waals surface area contributed by atoms with Crippen LogP contribution in [0.15, 0.2) is 22.8 Å². The lowest BCUT2D eigenvalue weighted by molar-refractivity contribution is 0.0693. The predicted octanol–water partition coefficient (Wildman–Crippen LogP) is 2.43. The van der Waals surface area contributed by atoms with Crippen LogP contribution in [0.3, 0.4) is 0 Å². The molecule has 0 amide bonds. The van der Waals surface area contributed by atoms with Gasteiger partial charge in [-0.2, -0.15) is 0 Å². The number of furan rings is 1. The molecule has 2 N–H and O–H groups in total. The van der Waals surface area contributed by atoms with Gasteiger partial charge in [0.25, 0.3) is 0 Å². The molecule has 0 unspecified atom stereocenters. The van der Waals surface area contributed by atoms with Crippen molar-refractivity contribution in [3.8, 4) is 0 Å². The van der Waals surface area contributed by atoms with Crippen LogP contribution in [-0.2, 0) is 0 Å². The predicted molar refractivity (Wildman–Crippen MR) is 54.6 cm³/mol. The van der Waals surface area contributed by atoms with Crippen molar-refractivity contribution < 1.29 is 14.6 Å². The van der Waals surface area contributed by atoms with E-state index in [9.17, 15) is 10.2 Å². The third-order valence-corrected chi connectivity index (χ3v) is 2.45. The van der Waals surface area contributed by atoms with Crippen molar-refractivity contribution in [3.63, 3.8) is 0 Å². The molecule has 0 aliphatic rings. The summed E-state index contributed by atoms with van der Waals surface area (Å²) in [5.41, 5.74) is 0. The van der Waals surface area contributed by atoms with E-state index in [1.807, 2.05) is 0 Å². The van der Waals surface area contributed by atoms with Gasteiger partial charge in [0, 0.05) is 6.42 Å². The zero-order valence-corrected chi connectivity index (χ0v) is 9.30. The monoisotopic (exact) mass is 258 g/mol. The van der Waals surface area contributed by atoms with Crippen LogP contribution in [0.4, 0.5) is 0 Å². The largest absolute Gasteiger partial charge is 0.467 e. The van der Waals surface area contributed by atoms with Crippen LogP contribution in [0.5, 0.6) is 0 Å². The van der Waals surface area contributed by atoms with Crippen molar-refractivity contribution in [1.29, 1.82) is 0 Å². The summed E-state index contributed by atoms with van der Waals surface area (Å²) in [6.07, 6.45) is -0.896. The Morgan fingerprint density at radius 3 is 2.43 bits per heavy atom. The number of hydrogen-bond acceptors (Lipinski definition) is 3. The fraction of sp³-hybridized carbons (Fsp3) is 0.500. The summed E-state index contributed by atoms with van der Waals surface area (Å²) in [4.78, 5) is 0. The molecule has 1 heterocycles. The molecule has 0 aliphatic heterocycles. The van der Waals surface area contributed by atoms with Crippen LogP contribution in [0, 0.1) is 0 Å². The molecule has 1 aromatic heterocycles. The first-order chi connectivity index (χ1) is 6.41. The van der Waals surface area contributed by atoms with E-state index in [4.69, 9.17) is 39.2 Å². The summed E-state index contributed by atoms with van der Waals surface area (Å²) < 4.78 is 3.12. The maximum absolute atomic E-state index is 9.51. The zero-order valence-electron chi connectivity index (χ0n) is 7.03. The van der Waals surface area contributed by atoms with Gasteiger partial charge in [0.1, 0.15) is 18.0 Å². The van der Waals surface area contributed by atoms with E-state index in [1.54, 1.807) is 12.1 Å². The number of hydrogen-bond donors (Lipinski definition) is 2. The quantitative estimate of drug-likeness (QED) is 0.820. The fourth-order valence-corrected chi connectivity index (χ4v) is 1.21. The SMILES string of the molecule is O[C@H](C[C@H](O)c1ccco1)C(Cl)(Cl)Cl. The molecule has 1 rings (SSSR count). The number of rotatable bonds is 3. The normalized spacial score (nSPS) is 16.6. The minimum atomic E-state index is -1.80. The molecule has 80 valence electrons. The summed E-state index contributed by atoms with van der Waals surface area (Å²) in [7, 11) is 0. The van der Waals surface area contributed by atoms with Gasteiger partial charge in [-0.3, -0.25) is 0 Å². The minimum Gasteiger partial charge on any atom is -0.467 e. The third kappa shape index (κ3) is 3.33. The van der Waals surface area contributed by atoms with Crippen molar-refractivity contribution in [3.05, 3.63) is 24.2 Å². The lowest BCUT2D eigenvalue weighted by atomic mass is 10.1. The van der Waals surface area contributed by atoms with E-state index in [1.165, 1.54) is 6.26 Å². The van der Waals surface area contributed by atoms with Gasteiger partial charge in [0.05, 0.1) is 6.26 Å². The average molecular weight is 260 g/mol. The summed E-state index contributed by atoms with van der Waals surface area (Å²) in [6, 6.07) is 3.20. The molecule has 0 saturated carbocycles.